The second kappa shape index (κ2) is 7.60. The number of ketones is 1. The molecule has 3 atom stereocenters. The number of aliphatic hydroxyl groups is 1. The number of amides is 1. The Morgan fingerprint density at radius 3 is 2.40 bits per heavy atom. The normalized spacial score (nSPS) is 26.5. The van der Waals surface area contributed by atoms with Gasteiger partial charge in [0.05, 0.1) is 6.54 Å². The summed E-state index contributed by atoms with van der Waals surface area (Å²) in [5, 5.41) is 13.4. The van der Waals surface area contributed by atoms with E-state index < -0.39 is 35.5 Å². The molecule has 1 saturated carbocycles. The van der Waals surface area contributed by atoms with Crippen LogP contribution in [0.3, 0.4) is 0 Å². The summed E-state index contributed by atoms with van der Waals surface area (Å²) in [5.74, 6) is -2.77. The molecule has 1 amide bonds. The van der Waals surface area contributed by atoms with E-state index >= 15 is 0 Å². The summed E-state index contributed by atoms with van der Waals surface area (Å²) < 4.78 is 26.4. The van der Waals surface area contributed by atoms with Crippen molar-refractivity contribution in [1.82, 2.24) is 5.32 Å². The van der Waals surface area contributed by atoms with Crippen molar-refractivity contribution in [2.45, 2.75) is 45.6 Å². The monoisotopic (exact) mass is 353 g/mol. The molecule has 0 aliphatic heterocycles. The lowest BCUT2D eigenvalue weighted by Crippen LogP contribution is -2.56. The first-order chi connectivity index (χ1) is 11.6. The standard InChI is InChI=1S/C19H25F2NO3/c1-11(2)16-5-4-12(3)9-19(16,25)18(24)22-10-17(23)13-6-14(20)8-15(21)7-13/h6-8,11-12,16,25H,4-5,9-10H2,1-3H3,(H,22,24). The lowest BCUT2D eigenvalue weighted by molar-refractivity contribution is -0.155. The summed E-state index contributed by atoms with van der Waals surface area (Å²) in [7, 11) is 0. The zero-order valence-electron chi connectivity index (χ0n) is 14.8. The number of nitrogens with one attached hydrogen (secondary N) is 1. The van der Waals surface area contributed by atoms with Crippen molar-refractivity contribution in [3.63, 3.8) is 0 Å². The van der Waals surface area contributed by atoms with E-state index in [4.69, 9.17) is 0 Å². The molecule has 1 aromatic carbocycles. The van der Waals surface area contributed by atoms with Crippen LogP contribution in [0.15, 0.2) is 18.2 Å². The molecule has 25 heavy (non-hydrogen) atoms. The Balaban J connectivity index is 2.08. The maximum atomic E-state index is 13.2. The van der Waals surface area contributed by atoms with E-state index in [2.05, 4.69) is 5.32 Å². The Labute approximate surface area is 146 Å². The Morgan fingerprint density at radius 2 is 1.84 bits per heavy atom. The van der Waals surface area contributed by atoms with E-state index in [9.17, 15) is 23.5 Å². The van der Waals surface area contributed by atoms with Crippen LogP contribution in [-0.4, -0.2) is 28.9 Å². The van der Waals surface area contributed by atoms with Crippen LogP contribution in [0.1, 0.15) is 50.4 Å². The van der Waals surface area contributed by atoms with E-state index in [1.165, 1.54) is 0 Å². The van der Waals surface area contributed by atoms with Gasteiger partial charge in [-0.05, 0) is 42.7 Å². The fourth-order valence-electron chi connectivity index (χ4n) is 3.76. The molecule has 1 fully saturated rings. The van der Waals surface area contributed by atoms with Crippen molar-refractivity contribution in [2.75, 3.05) is 6.54 Å². The predicted octanol–water partition coefficient (Wildman–Crippen LogP) is 3.09. The van der Waals surface area contributed by atoms with Gasteiger partial charge in [0.15, 0.2) is 5.78 Å². The van der Waals surface area contributed by atoms with Gasteiger partial charge in [0, 0.05) is 11.6 Å². The minimum atomic E-state index is -1.53. The minimum absolute atomic E-state index is 0.122. The topological polar surface area (TPSA) is 66.4 Å². The molecule has 1 aromatic rings. The third-order valence-corrected chi connectivity index (χ3v) is 5.04. The molecule has 0 heterocycles. The van der Waals surface area contributed by atoms with E-state index in [0.29, 0.717) is 12.5 Å². The van der Waals surface area contributed by atoms with Gasteiger partial charge in [-0.3, -0.25) is 9.59 Å². The maximum Gasteiger partial charge on any atom is 0.252 e. The molecule has 0 aromatic heterocycles. The number of carbonyl (C=O) groups is 2. The molecule has 2 rings (SSSR count). The zero-order valence-corrected chi connectivity index (χ0v) is 14.8. The number of benzene rings is 1. The van der Waals surface area contributed by atoms with E-state index in [1.54, 1.807) is 0 Å². The highest BCUT2D eigenvalue weighted by atomic mass is 19.1. The maximum absolute atomic E-state index is 13.2. The molecule has 4 nitrogen and oxygen atoms in total. The smallest absolute Gasteiger partial charge is 0.252 e. The second-order valence-electron chi connectivity index (χ2n) is 7.43. The van der Waals surface area contributed by atoms with E-state index in [0.717, 1.165) is 25.0 Å². The van der Waals surface area contributed by atoms with Crippen molar-refractivity contribution in [1.29, 1.82) is 0 Å². The van der Waals surface area contributed by atoms with Crippen molar-refractivity contribution in [2.24, 2.45) is 17.8 Å². The summed E-state index contributed by atoms with van der Waals surface area (Å²) in [6.07, 6.45) is 2.02. The van der Waals surface area contributed by atoms with Crippen LogP contribution in [0.4, 0.5) is 8.78 Å². The number of halogens is 2. The summed E-state index contributed by atoms with van der Waals surface area (Å²) in [4.78, 5) is 24.7. The van der Waals surface area contributed by atoms with Gasteiger partial charge in [-0.25, -0.2) is 8.78 Å². The van der Waals surface area contributed by atoms with Crippen LogP contribution in [0.2, 0.25) is 0 Å². The summed E-state index contributed by atoms with van der Waals surface area (Å²) in [6.45, 7) is 5.48. The summed E-state index contributed by atoms with van der Waals surface area (Å²) >= 11 is 0. The van der Waals surface area contributed by atoms with E-state index in [-0.39, 0.29) is 23.3 Å². The van der Waals surface area contributed by atoms with Crippen LogP contribution in [0.25, 0.3) is 0 Å². The third kappa shape index (κ3) is 4.42. The van der Waals surface area contributed by atoms with Gasteiger partial charge in [0.1, 0.15) is 17.2 Å². The first kappa shape index (κ1) is 19.5. The predicted molar refractivity (Wildman–Crippen MR) is 90.0 cm³/mol. The average Bonchev–Trinajstić information content (AvgIpc) is 2.50. The van der Waals surface area contributed by atoms with Gasteiger partial charge in [-0.2, -0.15) is 0 Å². The molecule has 0 bridgehead atoms. The molecular weight excluding hydrogens is 328 g/mol. The SMILES string of the molecule is CC1CCC(C(C)C)C(O)(C(=O)NCC(=O)c2cc(F)cc(F)c2)C1. The second-order valence-corrected chi connectivity index (χ2v) is 7.43. The number of hydrogen-bond acceptors (Lipinski definition) is 3. The lowest BCUT2D eigenvalue weighted by atomic mass is 9.66. The highest BCUT2D eigenvalue weighted by Crippen LogP contribution is 2.41. The highest BCUT2D eigenvalue weighted by Gasteiger charge is 2.48. The fraction of sp³-hybridized carbons (Fsp3) is 0.579. The first-order valence-corrected chi connectivity index (χ1v) is 8.63. The van der Waals surface area contributed by atoms with Crippen LogP contribution < -0.4 is 5.32 Å². The van der Waals surface area contributed by atoms with Gasteiger partial charge < -0.3 is 10.4 Å². The van der Waals surface area contributed by atoms with Crippen LogP contribution in [-0.2, 0) is 4.79 Å². The van der Waals surface area contributed by atoms with Crippen LogP contribution in [0, 0.1) is 29.4 Å². The largest absolute Gasteiger partial charge is 0.380 e. The fourth-order valence-corrected chi connectivity index (χ4v) is 3.76. The number of rotatable bonds is 5. The third-order valence-electron chi connectivity index (χ3n) is 5.04. The first-order valence-electron chi connectivity index (χ1n) is 8.63. The van der Waals surface area contributed by atoms with Crippen molar-refractivity contribution >= 4 is 11.7 Å². The molecule has 0 radical (unpaired) electrons. The van der Waals surface area contributed by atoms with Crippen LogP contribution >= 0.6 is 0 Å². The Kier molecular flexibility index (Phi) is 5.93. The van der Waals surface area contributed by atoms with Gasteiger partial charge in [0.2, 0.25) is 0 Å². The number of carbonyl (C=O) groups excluding carboxylic acids is 2. The molecule has 0 spiro atoms. The van der Waals surface area contributed by atoms with Crippen LogP contribution in [0.5, 0.6) is 0 Å². The molecular formula is C19H25F2NO3. The molecule has 0 saturated heterocycles. The molecule has 6 heteroatoms. The Morgan fingerprint density at radius 1 is 1.24 bits per heavy atom. The zero-order chi connectivity index (χ0) is 18.8. The molecule has 2 N–H and O–H groups in total. The quantitative estimate of drug-likeness (QED) is 0.800. The van der Waals surface area contributed by atoms with Gasteiger partial charge in [0.25, 0.3) is 5.91 Å². The van der Waals surface area contributed by atoms with Gasteiger partial charge >= 0.3 is 0 Å². The average molecular weight is 353 g/mol. The minimum Gasteiger partial charge on any atom is -0.380 e. The number of Topliss-reactive ketones (excluding diaryl/α,β-unsaturated/α-hetero) is 1. The van der Waals surface area contributed by atoms with Crippen molar-refractivity contribution in [3.8, 4) is 0 Å². The highest BCUT2D eigenvalue weighted by molar-refractivity contribution is 6.00. The number of hydrogen-bond donors (Lipinski definition) is 2. The van der Waals surface area contributed by atoms with Gasteiger partial charge in [-0.15, -0.1) is 0 Å². The van der Waals surface area contributed by atoms with Crippen molar-refractivity contribution in [3.05, 3.63) is 35.4 Å². The summed E-state index contributed by atoms with van der Waals surface area (Å²) in [6, 6.07) is 2.52. The van der Waals surface area contributed by atoms with E-state index in [1.807, 2.05) is 20.8 Å². The molecule has 3 unspecified atom stereocenters. The molecule has 138 valence electrons. The molecule has 1 aliphatic rings. The Hall–Kier alpha value is -1.82. The van der Waals surface area contributed by atoms with Crippen molar-refractivity contribution < 1.29 is 23.5 Å². The van der Waals surface area contributed by atoms with Gasteiger partial charge in [-0.1, -0.05) is 27.2 Å². The Bertz CT molecular complexity index is 642. The molecule has 1 aliphatic carbocycles. The summed E-state index contributed by atoms with van der Waals surface area (Å²) in [5.41, 5.74) is -1.68. The lowest BCUT2D eigenvalue weighted by Gasteiger charge is -2.43.